The summed E-state index contributed by atoms with van der Waals surface area (Å²) >= 11 is 0. The monoisotopic (exact) mass is 347 g/mol. The number of imidazole rings is 1. The number of fused-ring (bicyclic) bond motifs is 1. The topological polar surface area (TPSA) is 39.0 Å². The van der Waals surface area contributed by atoms with Gasteiger partial charge in [0.2, 0.25) is 0 Å². The van der Waals surface area contributed by atoms with Gasteiger partial charge in [-0.3, -0.25) is 9.13 Å². The molecule has 0 spiro atoms. The molecule has 1 saturated heterocycles. The van der Waals surface area contributed by atoms with Gasteiger partial charge < -0.3 is 5.32 Å². The lowest BCUT2D eigenvalue weighted by Crippen LogP contribution is -2.34. The van der Waals surface area contributed by atoms with Crippen molar-refractivity contribution in [2.75, 3.05) is 13.1 Å². The van der Waals surface area contributed by atoms with Crippen LogP contribution in [0.3, 0.4) is 0 Å². The molecular formula is C18H16F3N3O. The highest BCUT2D eigenvalue weighted by molar-refractivity contribution is 5.78. The first-order valence-electron chi connectivity index (χ1n) is 8.14. The van der Waals surface area contributed by atoms with Crippen LogP contribution in [-0.2, 0) is 0 Å². The Labute approximate surface area is 141 Å². The average Bonchev–Trinajstić information content (AvgIpc) is 2.86. The van der Waals surface area contributed by atoms with Crippen LogP contribution < -0.4 is 11.0 Å². The Balaban J connectivity index is 2.02. The minimum atomic E-state index is -0.791. The maximum absolute atomic E-state index is 13.8. The van der Waals surface area contributed by atoms with Crippen molar-refractivity contribution in [3.05, 3.63) is 64.3 Å². The predicted molar refractivity (Wildman–Crippen MR) is 88.5 cm³/mol. The molecule has 0 radical (unpaired) electrons. The van der Waals surface area contributed by atoms with Crippen molar-refractivity contribution in [1.82, 2.24) is 14.5 Å². The van der Waals surface area contributed by atoms with Gasteiger partial charge in [0, 0.05) is 18.2 Å². The fraction of sp³-hybridized carbons (Fsp3) is 0.278. The summed E-state index contributed by atoms with van der Waals surface area (Å²) in [7, 11) is 0. The SMILES string of the molecule is O=c1n(-c2cc(F)cc(F)c2)c2cc(F)ccc2n1C1CCNCC1. The Bertz CT molecular complexity index is 982. The Kier molecular flexibility index (Phi) is 3.88. The Morgan fingerprint density at radius 1 is 0.880 bits per heavy atom. The highest BCUT2D eigenvalue weighted by Gasteiger charge is 2.23. The van der Waals surface area contributed by atoms with Crippen LogP contribution in [0.4, 0.5) is 13.2 Å². The van der Waals surface area contributed by atoms with Gasteiger partial charge in [0.15, 0.2) is 0 Å². The summed E-state index contributed by atoms with van der Waals surface area (Å²) < 4.78 is 43.9. The zero-order valence-electron chi connectivity index (χ0n) is 13.3. The molecule has 1 aromatic heterocycles. The van der Waals surface area contributed by atoms with E-state index in [1.165, 1.54) is 16.7 Å². The first kappa shape index (κ1) is 16.0. The molecule has 2 aromatic carbocycles. The van der Waals surface area contributed by atoms with E-state index in [2.05, 4.69) is 5.32 Å². The van der Waals surface area contributed by atoms with E-state index in [9.17, 15) is 18.0 Å². The van der Waals surface area contributed by atoms with Crippen LogP contribution in [0.5, 0.6) is 0 Å². The number of rotatable bonds is 2. The highest BCUT2D eigenvalue weighted by atomic mass is 19.1. The Morgan fingerprint density at radius 2 is 1.56 bits per heavy atom. The van der Waals surface area contributed by atoms with Crippen LogP contribution in [0.25, 0.3) is 16.7 Å². The van der Waals surface area contributed by atoms with Gasteiger partial charge in [-0.1, -0.05) is 0 Å². The minimum absolute atomic E-state index is 0.0404. The molecule has 1 aliphatic rings. The summed E-state index contributed by atoms with van der Waals surface area (Å²) in [4.78, 5) is 13.1. The molecule has 0 atom stereocenters. The van der Waals surface area contributed by atoms with Gasteiger partial charge in [-0.05, 0) is 50.2 Å². The number of nitrogens with one attached hydrogen (secondary N) is 1. The molecule has 4 rings (SSSR count). The third-order valence-corrected chi connectivity index (χ3v) is 4.61. The smallest absolute Gasteiger partial charge is 0.317 e. The number of benzene rings is 2. The van der Waals surface area contributed by atoms with Crippen molar-refractivity contribution in [1.29, 1.82) is 0 Å². The Hall–Kier alpha value is -2.54. The molecule has 3 aromatic rings. The number of hydrogen-bond acceptors (Lipinski definition) is 2. The van der Waals surface area contributed by atoms with Crippen LogP contribution in [0.15, 0.2) is 41.2 Å². The molecule has 0 amide bonds. The second kappa shape index (κ2) is 6.07. The molecule has 1 fully saturated rings. The van der Waals surface area contributed by atoms with E-state index < -0.39 is 23.1 Å². The van der Waals surface area contributed by atoms with Gasteiger partial charge in [0.25, 0.3) is 0 Å². The lowest BCUT2D eigenvalue weighted by atomic mass is 10.1. The van der Waals surface area contributed by atoms with Crippen LogP contribution in [0, 0.1) is 17.5 Å². The molecule has 1 aliphatic heterocycles. The van der Waals surface area contributed by atoms with Crippen molar-refractivity contribution < 1.29 is 13.2 Å². The van der Waals surface area contributed by atoms with Crippen molar-refractivity contribution in [3.63, 3.8) is 0 Å². The van der Waals surface area contributed by atoms with E-state index in [0.717, 1.165) is 44.1 Å². The molecule has 0 saturated carbocycles. The first-order chi connectivity index (χ1) is 12.0. The van der Waals surface area contributed by atoms with Crippen LogP contribution in [-0.4, -0.2) is 22.2 Å². The molecule has 2 heterocycles. The standard InChI is InChI=1S/C18H16F3N3O/c19-11-1-2-16-17(10-11)24(15-8-12(20)7-13(21)9-15)18(25)23(16)14-3-5-22-6-4-14/h1-2,7-10,14,22H,3-6H2. The summed E-state index contributed by atoms with van der Waals surface area (Å²) in [5.74, 6) is -2.09. The number of aromatic nitrogens is 2. The molecule has 0 unspecified atom stereocenters. The largest absolute Gasteiger partial charge is 0.333 e. The fourth-order valence-electron chi connectivity index (χ4n) is 3.53. The molecule has 130 valence electrons. The number of halogens is 3. The molecule has 1 N–H and O–H groups in total. The second-order valence-electron chi connectivity index (χ2n) is 6.23. The van der Waals surface area contributed by atoms with Crippen molar-refractivity contribution in [3.8, 4) is 5.69 Å². The van der Waals surface area contributed by atoms with Crippen molar-refractivity contribution in [2.45, 2.75) is 18.9 Å². The quantitative estimate of drug-likeness (QED) is 0.774. The van der Waals surface area contributed by atoms with E-state index in [4.69, 9.17) is 0 Å². The minimum Gasteiger partial charge on any atom is -0.317 e. The number of nitrogens with zero attached hydrogens (tertiary/aromatic N) is 2. The maximum atomic E-state index is 13.8. The molecule has 0 bridgehead atoms. The van der Waals surface area contributed by atoms with E-state index in [1.807, 2.05) is 0 Å². The summed E-state index contributed by atoms with van der Waals surface area (Å²) in [5.41, 5.74) is 0.486. The van der Waals surface area contributed by atoms with Gasteiger partial charge >= 0.3 is 5.69 Å². The zero-order chi connectivity index (χ0) is 17.6. The van der Waals surface area contributed by atoms with E-state index in [0.29, 0.717) is 11.0 Å². The van der Waals surface area contributed by atoms with Gasteiger partial charge in [0.1, 0.15) is 17.5 Å². The van der Waals surface area contributed by atoms with Crippen molar-refractivity contribution >= 4 is 11.0 Å². The van der Waals surface area contributed by atoms with Crippen LogP contribution in [0.2, 0.25) is 0 Å². The molecule has 25 heavy (non-hydrogen) atoms. The maximum Gasteiger partial charge on any atom is 0.333 e. The van der Waals surface area contributed by atoms with E-state index in [-0.39, 0.29) is 11.7 Å². The van der Waals surface area contributed by atoms with Gasteiger partial charge in [0.05, 0.1) is 16.7 Å². The normalized spacial score (nSPS) is 15.8. The third-order valence-electron chi connectivity index (χ3n) is 4.61. The molecule has 7 heteroatoms. The first-order valence-corrected chi connectivity index (χ1v) is 8.14. The average molecular weight is 347 g/mol. The van der Waals surface area contributed by atoms with Gasteiger partial charge in [-0.25, -0.2) is 18.0 Å². The Morgan fingerprint density at radius 3 is 2.24 bits per heavy atom. The summed E-state index contributed by atoms with van der Waals surface area (Å²) in [6.07, 6.45) is 1.52. The van der Waals surface area contributed by atoms with E-state index in [1.54, 1.807) is 10.6 Å². The molecular weight excluding hydrogens is 331 g/mol. The van der Waals surface area contributed by atoms with Gasteiger partial charge in [-0.15, -0.1) is 0 Å². The van der Waals surface area contributed by atoms with Crippen LogP contribution >= 0.6 is 0 Å². The summed E-state index contributed by atoms with van der Waals surface area (Å²) in [6, 6.07) is 6.89. The predicted octanol–water partition coefficient (Wildman–Crippen LogP) is 3.13. The van der Waals surface area contributed by atoms with E-state index >= 15 is 0 Å². The zero-order valence-corrected chi connectivity index (χ0v) is 13.3. The third kappa shape index (κ3) is 2.74. The van der Waals surface area contributed by atoms with Crippen LogP contribution in [0.1, 0.15) is 18.9 Å². The van der Waals surface area contributed by atoms with Gasteiger partial charge in [-0.2, -0.15) is 0 Å². The highest BCUT2D eigenvalue weighted by Crippen LogP contribution is 2.26. The number of hydrogen-bond donors (Lipinski definition) is 1. The summed E-state index contributed by atoms with van der Waals surface area (Å²) in [6.45, 7) is 1.55. The lowest BCUT2D eigenvalue weighted by Gasteiger charge is -2.23. The second-order valence-corrected chi connectivity index (χ2v) is 6.23. The number of piperidine rings is 1. The lowest BCUT2D eigenvalue weighted by molar-refractivity contribution is 0.367. The summed E-state index contributed by atoms with van der Waals surface area (Å²) in [5, 5.41) is 3.23. The molecule has 4 nitrogen and oxygen atoms in total. The molecule has 0 aliphatic carbocycles. The van der Waals surface area contributed by atoms with Crippen molar-refractivity contribution in [2.24, 2.45) is 0 Å². The fourth-order valence-corrected chi connectivity index (χ4v) is 3.53.